The van der Waals surface area contributed by atoms with Gasteiger partial charge >= 0.3 is 0 Å². The third-order valence-corrected chi connectivity index (χ3v) is 4.01. The molecule has 2 N–H and O–H groups in total. The first-order valence-electron chi connectivity index (χ1n) is 6.43. The van der Waals surface area contributed by atoms with E-state index in [0.29, 0.717) is 29.1 Å². The Hall–Kier alpha value is -0.640. The van der Waals surface area contributed by atoms with Crippen molar-refractivity contribution in [3.8, 4) is 0 Å². The maximum absolute atomic E-state index is 14.0. The molecule has 0 aromatic heterocycles. The summed E-state index contributed by atoms with van der Waals surface area (Å²) < 4.78 is 14.0. The molecule has 0 amide bonds. The SMILES string of the molecule is CC1CC(C)N(C(CN)c2ccc(Cl)cc2F)C1. The number of hydrogen-bond donors (Lipinski definition) is 1. The van der Waals surface area contributed by atoms with E-state index in [1.54, 1.807) is 12.1 Å². The highest BCUT2D eigenvalue weighted by Crippen LogP contribution is 2.33. The van der Waals surface area contributed by atoms with Crippen LogP contribution in [0.15, 0.2) is 18.2 Å². The molecule has 0 saturated carbocycles. The first kappa shape index (κ1) is 13.8. The van der Waals surface area contributed by atoms with Crippen LogP contribution in [0.3, 0.4) is 0 Å². The largest absolute Gasteiger partial charge is 0.329 e. The zero-order valence-electron chi connectivity index (χ0n) is 10.9. The molecule has 1 aromatic carbocycles. The van der Waals surface area contributed by atoms with Crippen molar-refractivity contribution in [2.45, 2.75) is 32.4 Å². The summed E-state index contributed by atoms with van der Waals surface area (Å²) in [6, 6.07) is 5.24. The van der Waals surface area contributed by atoms with Crippen LogP contribution in [0.1, 0.15) is 31.9 Å². The van der Waals surface area contributed by atoms with Gasteiger partial charge < -0.3 is 5.73 Å². The number of halogens is 2. The normalized spacial score (nSPS) is 26.5. The smallest absolute Gasteiger partial charge is 0.129 e. The fraction of sp³-hybridized carbons (Fsp3) is 0.571. The van der Waals surface area contributed by atoms with Crippen LogP contribution in [0.25, 0.3) is 0 Å². The quantitative estimate of drug-likeness (QED) is 0.914. The van der Waals surface area contributed by atoms with Crippen LogP contribution < -0.4 is 5.73 Å². The molecule has 1 heterocycles. The average Bonchev–Trinajstić information content (AvgIpc) is 2.62. The molecule has 0 bridgehead atoms. The van der Waals surface area contributed by atoms with Gasteiger partial charge in [-0.1, -0.05) is 24.6 Å². The van der Waals surface area contributed by atoms with Crippen molar-refractivity contribution >= 4 is 11.6 Å². The number of nitrogens with two attached hydrogens (primary N) is 1. The molecule has 0 aliphatic carbocycles. The molecule has 1 saturated heterocycles. The van der Waals surface area contributed by atoms with Crippen LogP contribution in [0.5, 0.6) is 0 Å². The van der Waals surface area contributed by atoms with Crippen LogP contribution in [0, 0.1) is 11.7 Å². The van der Waals surface area contributed by atoms with Crippen molar-refractivity contribution in [2.75, 3.05) is 13.1 Å². The molecule has 3 unspecified atom stereocenters. The fourth-order valence-corrected chi connectivity index (χ4v) is 3.14. The fourth-order valence-electron chi connectivity index (χ4n) is 2.98. The van der Waals surface area contributed by atoms with E-state index in [-0.39, 0.29) is 11.9 Å². The summed E-state index contributed by atoms with van der Waals surface area (Å²) in [6.07, 6.45) is 1.14. The number of likely N-dealkylation sites (tertiary alicyclic amines) is 1. The molecular formula is C14H20ClFN2. The molecule has 1 aliphatic rings. The lowest BCUT2D eigenvalue weighted by atomic mass is 10.0. The molecule has 100 valence electrons. The lowest BCUT2D eigenvalue weighted by Crippen LogP contribution is -2.36. The summed E-state index contributed by atoms with van der Waals surface area (Å²) in [5.41, 5.74) is 6.51. The molecule has 0 spiro atoms. The van der Waals surface area contributed by atoms with Gasteiger partial charge in [0.2, 0.25) is 0 Å². The van der Waals surface area contributed by atoms with Crippen LogP contribution in [-0.4, -0.2) is 24.0 Å². The second-order valence-electron chi connectivity index (χ2n) is 5.30. The first-order chi connectivity index (χ1) is 8.52. The minimum Gasteiger partial charge on any atom is -0.329 e. The first-order valence-corrected chi connectivity index (χ1v) is 6.81. The van der Waals surface area contributed by atoms with Crippen molar-refractivity contribution in [2.24, 2.45) is 11.7 Å². The van der Waals surface area contributed by atoms with Crippen LogP contribution in [0.4, 0.5) is 4.39 Å². The lowest BCUT2D eigenvalue weighted by molar-refractivity contribution is 0.188. The number of benzene rings is 1. The summed E-state index contributed by atoms with van der Waals surface area (Å²) in [5.74, 6) is 0.383. The summed E-state index contributed by atoms with van der Waals surface area (Å²) in [4.78, 5) is 2.30. The van der Waals surface area contributed by atoms with E-state index in [2.05, 4.69) is 18.7 Å². The van der Waals surface area contributed by atoms with Gasteiger partial charge in [0.05, 0.1) is 6.04 Å². The third-order valence-electron chi connectivity index (χ3n) is 3.78. The molecule has 18 heavy (non-hydrogen) atoms. The van der Waals surface area contributed by atoms with Gasteiger partial charge in [0.1, 0.15) is 5.82 Å². The second-order valence-corrected chi connectivity index (χ2v) is 5.74. The van der Waals surface area contributed by atoms with Gasteiger partial charge in [0.15, 0.2) is 0 Å². The maximum Gasteiger partial charge on any atom is 0.129 e. The van der Waals surface area contributed by atoms with Crippen molar-refractivity contribution in [1.82, 2.24) is 4.90 Å². The van der Waals surface area contributed by atoms with Gasteiger partial charge in [-0.25, -0.2) is 4.39 Å². The highest BCUT2D eigenvalue weighted by Gasteiger charge is 2.32. The van der Waals surface area contributed by atoms with E-state index in [4.69, 9.17) is 17.3 Å². The Balaban J connectivity index is 2.28. The highest BCUT2D eigenvalue weighted by molar-refractivity contribution is 6.30. The summed E-state index contributed by atoms with van der Waals surface area (Å²) in [5, 5.41) is 0.426. The second kappa shape index (κ2) is 5.55. The van der Waals surface area contributed by atoms with E-state index >= 15 is 0 Å². The van der Waals surface area contributed by atoms with Crippen LogP contribution >= 0.6 is 11.6 Å². The minimum atomic E-state index is -0.260. The maximum atomic E-state index is 14.0. The van der Waals surface area contributed by atoms with E-state index in [1.165, 1.54) is 6.07 Å². The third kappa shape index (κ3) is 2.68. The number of rotatable bonds is 3. The molecule has 2 rings (SSSR count). The molecule has 0 radical (unpaired) electrons. The van der Waals surface area contributed by atoms with E-state index in [9.17, 15) is 4.39 Å². The molecule has 1 aliphatic heterocycles. The molecule has 1 aromatic rings. The molecule has 4 heteroatoms. The number of nitrogens with zero attached hydrogens (tertiary/aromatic N) is 1. The Morgan fingerprint density at radius 2 is 2.22 bits per heavy atom. The average molecular weight is 271 g/mol. The Labute approximate surface area is 113 Å². The van der Waals surface area contributed by atoms with Crippen LogP contribution in [-0.2, 0) is 0 Å². The summed E-state index contributed by atoms with van der Waals surface area (Å²) in [7, 11) is 0. The van der Waals surface area contributed by atoms with Crippen molar-refractivity contribution < 1.29 is 4.39 Å². The van der Waals surface area contributed by atoms with Gasteiger partial charge in [0.25, 0.3) is 0 Å². The predicted octanol–water partition coefficient (Wildman–Crippen LogP) is 3.21. The predicted molar refractivity (Wildman–Crippen MR) is 73.2 cm³/mol. The van der Waals surface area contributed by atoms with Gasteiger partial charge in [-0.15, -0.1) is 0 Å². The summed E-state index contributed by atoms with van der Waals surface area (Å²) in [6.45, 7) is 5.81. The van der Waals surface area contributed by atoms with Crippen molar-refractivity contribution in [3.63, 3.8) is 0 Å². The molecular weight excluding hydrogens is 251 g/mol. The van der Waals surface area contributed by atoms with Gasteiger partial charge in [-0.2, -0.15) is 0 Å². The molecule has 3 atom stereocenters. The van der Waals surface area contributed by atoms with E-state index in [1.807, 2.05) is 0 Å². The van der Waals surface area contributed by atoms with Crippen molar-refractivity contribution in [3.05, 3.63) is 34.6 Å². The monoisotopic (exact) mass is 270 g/mol. The highest BCUT2D eigenvalue weighted by atomic mass is 35.5. The van der Waals surface area contributed by atoms with E-state index < -0.39 is 0 Å². The van der Waals surface area contributed by atoms with E-state index in [0.717, 1.165) is 13.0 Å². The Morgan fingerprint density at radius 1 is 1.50 bits per heavy atom. The number of hydrogen-bond acceptors (Lipinski definition) is 2. The Kier molecular flexibility index (Phi) is 4.25. The standard InChI is InChI=1S/C14H20ClFN2/c1-9-5-10(2)18(8-9)14(7-17)12-4-3-11(15)6-13(12)16/h3-4,6,9-10,14H,5,7-8,17H2,1-2H3. The topological polar surface area (TPSA) is 29.3 Å². The minimum absolute atomic E-state index is 0.0535. The van der Waals surface area contributed by atoms with Gasteiger partial charge in [0, 0.05) is 29.7 Å². The molecule has 2 nitrogen and oxygen atoms in total. The summed E-state index contributed by atoms with van der Waals surface area (Å²) >= 11 is 5.79. The van der Waals surface area contributed by atoms with Gasteiger partial charge in [-0.05, 0) is 31.4 Å². The Bertz CT molecular complexity index is 424. The van der Waals surface area contributed by atoms with Gasteiger partial charge in [-0.3, -0.25) is 4.90 Å². The Morgan fingerprint density at radius 3 is 2.72 bits per heavy atom. The zero-order chi connectivity index (χ0) is 13.3. The lowest BCUT2D eigenvalue weighted by Gasteiger charge is -2.31. The van der Waals surface area contributed by atoms with Crippen molar-refractivity contribution in [1.29, 1.82) is 0 Å². The zero-order valence-corrected chi connectivity index (χ0v) is 11.6. The molecule has 1 fully saturated rings. The van der Waals surface area contributed by atoms with Crippen LogP contribution in [0.2, 0.25) is 5.02 Å².